The van der Waals surface area contributed by atoms with Crippen LogP contribution in [-0.2, 0) is 4.79 Å². The van der Waals surface area contributed by atoms with Crippen molar-refractivity contribution in [2.45, 2.75) is 32.1 Å². The molecule has 1 fully saturated rings. The highest BCUT2D eigenvalue weighted by molar-refractivity contribution is 5.60. The number of aldehydes is 1. The highest BCUT2D eigenvalue weighted by Crippen LogP contribution is 2.42. The normalized spacial score (nSPS) is 21.7. The van der Waals surface area contributed by atoms with E-state index in [9.17, 15) is 4.79 Å². The van der Waals surface area contributed by atoms with Crippen molar-refractivity contribution in [2.75, 3.05) is 6.61 Å². The van der Waals surface area contributed by atoms with Crippen molar-refractivity contribution >= 4 is 6.29 Å². The molecule has 0 aromatic carbocycles. The molecule has 1 rings (SSSR count). The van der Waals surface area contributed by atoms with Gasteiger partial charge in [-0.15, -0.1) is 0 Å². The van der Waals surface area contributed by atoms with Gasteiger partial charge in [-0.3, -0.25) is 0 Å². The van der Waals surface area contributed by atoms with Crippen LogP contribution in [0, 0.1) is 5.41 Å². The number of carbonyl (C=O) groups is 1. The van der Waals surface area contributed by atoms with E-state index in [1.165, 1.54) is 6.42 Å². The fourth-order valence-corrected chi connectivity index (χ4v) is 1.49. The first-order chi connectivity index (χ1) is 4.83. The predicted octanol–water partition coefficient (Wildman–Crippen LogP) is 1.13. The van der Waals surface area contributed by atoms with Gasteiger partial charge in [0, 0.05) is 12.0 Å². The summed E-state index contributed by atoms with van der Waals surface area (Å²) >= 11 is 0. The quantitative estimate of drug-likeness (QED) is 0.597. The molecule has 0 bridgehead atoms. The fraction of sp³-hybridized carbons (Fsp3) is 0.875. The molecule has 1 aliphatic carbocycles. The Morgan fingerprint density at radius 3 is 2.50 bits per heavy atom. The molecule has 0 heterocycles. The Bertz CT molecular complexity index is 116. The van der Waals surface area contributed by atoms with Crippen molar-refractivity contribution < 1.29 is 9.90 Å². The van der Waals surface area contributed by atoms with E-state index < -0.39 is 0 Å². The molecule has 0 radical (unpaired) electrons. The predicted molar refractivity (Wildman–Crippen MR) is 38.7 cm³/mol. The van der Waals surface area contributed by atoms with Crippen LogP contribution in [0.25, 0.3) is 0 Å². The lowest BCUT2D eigenvalue weighted by molar-refractivity contribution is -0.121. The molecule has 0 atom stereocenters. The van der Waals surface area contributed by atoms with E-state index >= 15 is 0 Å². The van der Waals surface area contributed by atoms with Gasteiger partial charge in [0.1, 0.15) is 6.29 Å². The third kappa shape index (κ3) is 1.37. The van der Waals surface area contributed by atoms with E-state index in [-0.39, 0.29) is 12.0 Å². The van der Waals surface area contributed by atoms with Gasteiger partial charge in [0.05, 0.1) is 0 Å². The zero-order valence-corrected chi connectivity index (χ0v) is 6.18. The topological polar surface area (TPSA) is 37.3 Å². The van der Waals surface area contributed by atoms with Gasteiger partial charge in [-0.2, -0.15) is 0 Å². The van der Waals surface area contributed by atoms with Crippen LogP contribution in [0.1, 0.15) is 32.1 Å². The standard InChI is InChI=1S/C8H14O2/c9-6-2-5-8(7-10)3-1-4-8/h7,9H,1-6H2. The summed E-state index contributed by atoms with van der Waals surface area (Å²) in [6.45, 7) is 0.218. The molecule has 0 spiro atoms. The van der Waals surface area contributed by atoms with Crippen molar-refractivity contribution in [1.29, 1.82) is 0 Å². The van der Waals surface area contributed by atoms with Gasteiger partial charge in [-0.25, -0.2) is 0 Å². The van der Waals surface area contributed by atoms with Crippen LogP contribution in [0.15, 0.2) is 0 Å². The van der Waals surface area contributed by atoms with Crippen LogP contribution < -0.4 is 0 Å². The number of aliphatic hydroxyl groups excluding tert-OH is 1. The average Bonchev–Trinajstić information content (AvgIpc) is 1.87. The van der Waals surface area contributed by atoms with Crippen molar-refractivity contribution in [2.24, 2.45) is 5.41 Å². The maximum absolute atomic E-state index is 10.5. The van der Waals surface area contributed by atoms with Crippen molar-refractivity contribution in [3.05, 3.63) is 0 Å². The van der Waals surface area contributed by atoms with Gasteiger partial charge in [-0.05, 0) is 25.7 Å². The Labute approximate surface area is 61.2 Å². The minimum absolute atomic E-state index is 0.0251. The molecule has 1 aliphatic rings. The van der Waals surface area contributed by atoms with Crippen LogP contribution in [0.3, 0.4) is 0 Å². The van der Waals surface area contributed by atoms with Gasteiger partial charge in [0.2, 0.25) is 0 Å². The summed E-state index contributed by atoms with van der Waals surface area (Å²) < 4.78 is 0. The van der Waals surface area contributed by atoms with E-state index in [1.807, 2.05) is 0 Å². The Morgan fingerprint density at radius 1 is 1.50 bits per heavy atom. The van der Waals surface area contributed by atoms with Gasteiger partial charge in [0.25, 0.3) is 0 Å². The summed E-state index contributed by atoms with van der Waals surface area (Å²) in [5, 5.41) is 8.53. The lowest BCUT2D eigenvalue weighted by atomic mass is 9.67. The summed E-state index contributed by atoms with van der Waals surface area (Å²) in [6, 6.07) is 0. The second kappa shape index (κ2) is 3.15. The number of hydrogen-bond acceptors (Lipinski definition) is 2. The molecular formula is C8H14O2. The highest BCUT2D eigenvalue weighted by atomic mass is 16.2. The van der Waals surface area contributed by atoms with E-state index in [0.717, 1.165) is 32.0 Å². The summed E-state index contributed by atoms with van der Waals surface area (Å²) in [5.41, 5.74) is -0.0251. The van der Waals surface area contributed by atoms with Crippen molar-refractivity contribution in [3.8, 4) is 0 Å². The number of rotatable bonds is 4. The first-order valence-electron chi connectivity index (χ1n) is 3.90. The van der Waals surface area contributed by atoms with Crippen LogP contribution in [-0.4, -0.2) is 18.0 Å². The molecular weight excluding hydrogens is 128 g/mol. The third-order valence-electron chi connectivity index (χ3n) is 2.43. The maximum Gasteiger partial charge on any atom is 0.126 e. The smallest absolute Gasteiger partial charge is 0.126 e. The second-order valence-electron chi connectivity index (χ2n) is 3.16. The van der Waals surface area contributed by atoms with Gasteiger partial charge in [-0.1, -0.05) is 6.42 Å². The fourth-order valence-electron chi connectivity index (χ4n) is 1.49. The minimum Gasteiger partial charge on any atom is -0.396 e. The molecule has 0 saturated heterocycles. The Hall–Kier alpha value is -0.370. The SMILES string of the molecule is O=CC1(CCCO)CCC1. The zero-order valence-electron chi connectivity index (χ0n) is 6.18. The lowest BCUT2D eigenvalue weighted by Crippen LogP contribution is -2.30. The van der Waals surface area contributed by atoms with E-state index in [0.29, 0.717) is 0 Å². The maximum atomic E-state index is 10.5. The van der Waals surface area contributed by atoms with Gasteiger partial charge in [0.15, 0.2) is 0 Å². The minimum atomic E-state index is -0.0251. The van der Waals surface area contributed by atoms with Crippen molar-refractivity contribution in [1.82, 2.24) is 0 Å². The van der Waals surface area contributed by atoms with Gasteiger partial charge >= 0.3 is 0 Å². The molecule has 0 aliphatic heterocycles. The largest absolute Gasteiger partial charge is 0.396 e. The Morgan fingerprint density at radius 2 is 2.20 bits per heavy atom. The molecule has 0 aromatic rings. The highest BCUT2D eigenvalue weighted by Gasteiger charge is 2.35. The Kier molecular flexibility index (Phi) is 2.44. The number of hydrogen-bond donors (Lipinski definition) is 1. The first kappa shape index (κ1) is 7.73. The lowest BCUT2D eigenvalue weighted by Gasteiger charge is -2.36. The van der Waals surface area contributed by atoms with Crippen LogP contribution in [0.2, 0.25) is 0 Å². The molecule has 0 aromatic heterocycles. The summed E-state index contributed by atoms with van der Waals surface area (Å²) in [4.78, 5) is 10.5. The first-order valence-corrected chi connectivity index (χ1v) is 3.90. The number of carbonyl (C=O) groups excluding carboxylic acids is 1. The van der Waals surface area contributed by atoms with E-state index in [4.69, 9.17) is 5.11 Å². The van der Waals surface area contributed by atoms with E-state index in [2.05, 4.69) is 0 Å². The molecule has 0 unspecified atom stereocenters. The molecule has 0 amide bonds. The molecule has 10 heavy (non-hydrogen) atoms. The van der Waals surface area contributed by atoms with Gasteiger partial charge < -0.3 is 9.90 Å². The molecule has 2 nitrogen and oxygen atoms in total. The third-order valence-corrected chi connectivity index (χ3v) is 2.43. The average molecular weight is 142 g/mol. The molecule has 58 valence electrons. The number of aliphatic hydroxyl groups is 1. The van der Waals surface area contributed by atoms with E-state index in [1.54, 1.807) is 0 Å². The Balaban J connectivity index is 2.26. The van der Waals surface area contributed by atoms with Crippen LogP contribution in [0.5, 0.6) is 0 Å². The zero-order chi connectivity index (χ0) is 7.45. The molecule has 1 saturated carbocycles. The monoisotopic (exact) mass is 142 g/mol. The molecule has 2 heteroatoms. The summed E-state index contributed by atoms with van der Waals surface area (Å²) in [7, 11) is 0. The van der Waals surface area contributed by atoms with Crippen molar-refractivity contribution in [3.63, 3.8) is 0 Å². The molecule has 1 N–H and O–H groups in total. The summed E-state index contributed by atoms with van der Waals surface area (Å²) in [6.07, 6.45) is 6.00. The summed E-state index contributed by atoms with van der Waals surface area (Å²) in [5.74, 6) is 0. The van der Waals surface area contributed by atoms with Crippen LogP contribution in [0.4, 0.5) is 0 Å². The second-order valence-corrected chi connectivity index (χ2v) is 3.16. The van der Waals surface area contributed by atoms with Crippen LogP contribution >= 0.6 is 0 Å².